The van der Waals surface area contributed by atoms with Crippen molar-refractivity contribution in [1.29, 1.82) is 0 Å². The summed E-state index contributed by atoms with van der Waals surface area (Å²) in [5, 5.41) is 7.54. The van der Waals surface area contributed by atoms with Gasteiger partial charge in [0, 0.05) is 24.5 Å². The predicted molar refractivity (Wildman–Crippen MR) is 77.2 cm³/mol. The Morgan fingerprint density at radius 3 is 3.24 bits per heavy atom. The molecule has 1 amide bonds. The van der Waals surface area contributed by atoms with E-state index in [0.29, 0.717) is 18.0 Å². The number of rotatable bonds is 5. The Bertz CT molecular complexity index is 630. The maximum absolute atomic E-state index is 12.1. The molecule has 2 heterocycles. The minimum Gasteiger partial charge on any atom is -0.480 e. The fourth-order valence-electron chi connectivity index (χ4n) is 2.28. The number of fused-ring (bicyclic) bond motifs is 1. The van der Waals surface area contributed by atoms with Gasteiger partial charge in [-0.25, -0.2) is 4.98 Å². The summed E-state index contributed by atoms with van der Waals surface area (Å²) in [7, 11) is 0. The molecule has 110 valence electrons. The summed E-state index contributed by atoms with van der Waals surface area (Å²) in [5.74, 6) is 0.642. The number of nitrogens with one attached hydrogen (secondary N) is 1. The summed E-state index contributed by atoms with van der Waals surface area (Å²) in [6.07, 6.45) is 4.03. The molecular formula is C14H15ClN4O2. The molecule has 1 aliphatic heterocycles. The van der Waals surface area contributed by atoms with Crippen LogP contribution in [0.25, 0.3) is 0 Å². The second kappa shape index (κ2) is 6.13. The zero-order valence-electron chi connectivity index (χ0n) is 11.3. The van der Waals surface area contributed by atoms with Gasteiger partial charge in [0.25, 0.3) is 5.91 Å². The van der Waals surface area contributed by atoms with E-state index < -0.39 is 6.10 Å². The molecule has 0 spiro atoms. The van der Waals surface area contributed by atoms with Gasteiger partial charge in [0.2, 0.25) is 0 Å². The molecule has 7 heteroatoms. The van der Waals surface area contributed by atoms with Crippen LogP contribution in [0, 0.1) is 0 Å². The van der Waals surface area contributed by atoms with Crippen LogP contribution in [0.1, 0.15) is 12.0 Å². The second-order valence-electron chi connectivity index (χ2n) is 4.87. The van der Waals surface area contributed by atoms with E-state index in [4.69, 9.17) is 16.3 Å². The highest BCUT2D eigenvalue weighted by molar-refractivity contribution is 6.30. The molecule has 0 saturated heterocycles. The van der Waals surface area contributed by atoms with Crippen molar-refractivity contribution in [2.75, 3.05) is 6.54 Å². The molecular weight excluding hydrogens is 292 g/mol. The quantitative estimate of drug-likeness (QED) is 0.849. The van der Waals surface area contributed by atoms with Gasteiger partial charge in [-0.1, -0.05) is 11.6 Å². The lowest BCUT2D eigenvalue weighted by Crippen LogP contribution is -2.38. The maximum atomic E-state index is 12.1. The lowest BCUT2D eigenvalue weighted by Gasteiger charge is -2.11. The molecule has 1 atom stereocenters. The fourth-order valence-corrected chi connectivity index (χ4v) is 2.47. The highest BCUT2D eigenvalue weighted by Crippen LogP contribution is 2.31. The van der Waals surface area contributed by atoms with Crippen LogP contribution in [0.15, 0.2) is 30.9 Å². The van der Waals surface area contributed by atoms with Gasteiger partial charge < -0.3 is 10.1 Å². The van der Waals surface area contributed by atoms with Gasteiger partial charge in [-0.3, -0.25) is 9.48 Å². The Morgan fingerprint density at radius 1 is 1.52 bits per heavy atom. The van der Waals surface area contributed by atoms with Crippen LogP contribution in [-0.2, 0) is 17.8 Å². The van der Waals surface area contributed by atoms with Gasteiger partial charge in [-0.2, -0.15) is 5.10 Å². The molecule has 0 bridgehead atoms. The molecule has 0 unspecified atom stereocenters. The average molecular weight is 307 g/mol. The van der Waals surface area contributed by atoms with Crippen molar-refractivity contribution in [2.45, 2.75) is 25.5 Å². The van der Waals surface area contributed by atoms with Crippen LogP contribution in [0.4, 0.5) is 0 Å². The van der Waals surface area contributed by atoms with Gasteiger partial charge in [0.1, 0.15) is 18.4 Å². The molecule has 1 aliphatic rings. The summed E-state index contributed by atoms with van der Waals surface area (Å²) in [6.45, 7) is 1.30. The van der Waals surface area contributed by atoms with E-state index in [0.717, 1.165) is 24.3 Å². The first-order chi connectivity index (χ1) is 10.2. The minimum absolute atomic E-state index is 0.0964. The molecule has 21 heavy (non-hydrogen) atoms. The van der Waals surface area contributed by atoms with E-state index in [2.05, 4.69) is 15.4 Å². The molecule has 0 fully saturated rings. The number of halogens is 1. The van der Waals surface area contributed by atoms with E-state index in [9.17, 15) is 4.79 Å². The monoisotopic (exact) mass is 306 g/mol. The van der Waals surface area contributed by atoms with Crippen LogP contribution in [0.2, 0.25) is 5.02 Å². The number of hydrogen-bond acceptors (Lipinski definition) is 4. The van der Waals surface area contributed by atoms with Crippen LogP contribution in [0.5, 0.6) is 5.75 Å². The Balaban J connectivity index is 1.45. The molecule has 0 saturated carbocycles. The van der Waals surface area contributed by atoms with Crippen molar-refractivity contribution in [3.8, 4) is 5.75 Å². The van der Waals surface area contributed by atoms with Crippen molar-refractivity contribution >= 4 is 17.5 Å². The lowest BCUT2D eigenvalue weighted by molar-refractivity contribution is -0.127. The summed E-state index contributed by atoms with van der Waals surface area (Å²) in [5.41, 5.74) is 0.977. The van der Waals surface area contributed by atoms with Crippen molar-refractivity contribution in [3.63, 3.8) is 0 Å². The van der Waals surface area contributed by atoms with Crippen molar-refractivity contribution in [3.05, 3.63) is 41.4 Å². The molecule has 3 rings (SSSR count). The van der Waals surface area contributed by atoms with E-state index in [-0.39, 0.29) is 5.91 Å². The molecule has 2 aromatic rings. The first kappa shape index (κ1) is 13.9. The smallest absolute Gasteiger partial charge is 0.261 e. The van der Waals surface area contributed by atoms with Crippen molar-refractivity contribution in [2.24, 2.45) is 0 Å². The minimum atomic E-state index is -0.468. The Morgan fingerprint density at radius 2 is 2.43 bits per heavy atom. The molecule has 0 radical (unpaired) electrons. The number of hydrogen-bond donors (Lipinski definition) is 1. The Hall–Kier alpha value is -2.08. The topological polar surface area (TPSA) is 69.0 Å². The van der Waals surface area contributed by atoms with E-state index in [1.165, 1.54) is 6.33 Å². The third kappa shape index (κ3) is 3.33. The first-order valence-corrected chi connectivity index (χ1v) is 7.15. The van der Waals surface area contributed by atoms with Crippen LogP contribution < -0.4 is 10.1 Å². The Kier molecular flexibility index (Phi) is 4.06. The zero-order chi connectivity index (χ0) is 14.7. The number of nitrogens with zero attached hydrogens (tertiary/aromatic N) is 3. The van der Waals surface area contributed by atoms with E-state index in [1.807, 2.05) is 6.07 Å². The lowest BCUT2D eigenvalue weighted by atomic mass is 10.1. The number of amides is 1. The van der Waals surface area contributed by atoms with Crippen LogP contribution >= 0.6 is 11.6 Å². The van der Waals surface area contributed by atoms with E-state index >= 15 is 0 Å². The third-order valence-electron chi connectivity index (χ3n) is 3.32. The van der Waals surface area contributed by atoms with Crippen LogP contribution in [0.3, 0.4) is 0 Å². The summed E-state index contributed by atoms with van der Waals surface area (Å²) < 4.78 is 7.36. The van der Waals surface area contributed by atoms with Crippen LogP contribution in [-0.4, -0.2) is 33.3 Å². The van der Waals surface area contributed by atoms with Gasteiger partial charge in [0.05, 0.1) is 0 Å². The first-order valence-electron chi connectivity index (χ1n) is 6.77. The van der Waals surface area contributed by atoms with Crippen molar-refractivity contribution < 1.29 is 9.53 Å². The predicted octanol–water partition coefficient (Wildman–Crippen LogP) is 1.44. The normalized spacial score (nSPS) is 16.3. The van der Waals surface area contributed by atoms with Crippen molar-refractivity contribution in [1.82, 2.24) is 20.1 Å². The number of aromatic nitrogens is 3. The highest BCUT2D eigenvalue weighted by Gasteiger charge is 2.28. The number of benzene rings is 1. The van der Waals surface area contributed by atoms with Gasteiger partial charge in [-0.15, -0.1) is 0 Å². The molecule has 0 aliphatic carbocycles. The maximum Gasteiger partial charge on any atom is 0.261 e. The standard InChI is InChI=1S/C14H15ClN4O2/c15-11-2-3-12-10(6-11)7-13(21-12)14(20)17-4-1-5-19-9-16-8-18-19/h2-3,6,8-9,13H,1,4-5,7H2,(H,17,20)/t13-/m1/s1. The number of carbonyl (C=O) groups excluding carboxylic acids is 1. The van der Waals surface area contributed by atoms with E-state index in [1.54, 1.807) is 23.1 Å². The number of carbonyl (C=O) groups is 1. The number of aryl methyl sites for hydroxylation is 1. The largest absolute Gasteiger partial charge is 0.480 e. The molecule has 6 nitrogen and oxygen atoms in total. The summed E-state index contributed by atoms with van der Waals surface area (Å²) in [4.78, 5) is 15.9. The molecule has 1 aromatic heterocycles. The second-order valence-corrected chi connectivity index (χ2v) is 5.30. The summed E-state index contributed by atoms with van der Waals surface area (Å²) >= 11 is 5.93. The highest BCUT2D eigenvalue weighted by atomic mass is 35.5. The number of ether oxygens (including phenoxy) is 1. The Labute approximate surface area is 127 Å². The zero-order valence-corrected chi connectivity index (χ0v) is 12.1. The average Bonchev–Trinajstić information content (AvgIpc) is 3.11. The third-order valence-corrected chi connectivity index (χ3v) is 3.55. The van der Waals surface area contributed by atoms with Gasteiger partial charge in [0.15, 0.2) is 6.10 Å². The molecule has 1 aromatic carbocycles. The molecule has 1 N–H and O–H groups in total. The fraction of sp³-hybridized carbons (Fsp3) is 0.357. The van der Waals surface area contributed by atoms with Gasteiger partial charge in [-0.05, 0) is 30.2 Å². The van der Waals surface area contributed by atoms with Gasteiger partial charge >= 0.3 is 0 Å². The summed E-state index contributed by atoms with van der Waals surface area (Å²) in [6, 6.07) is 5.41. The SMILES string of the molecule is O=C(NCCCn1cncn1)[C@H]1Cc2cc(Cl)ccc2O1.